The van der Waals surface area contributed by atoms with Crippen LogP contribution >= 0.6 is 0 Å². The van der Waals surface area contributed by atoms with Crippen molar-refractivity contribution in [3.05, 3.63) is 66.0 Å². The maximum atomic E-state index is 13.2. The number of carbonyl (C=O) groups is 2. The van der Waals surface area contributed by atoms with E-state index in [4.69, 9.17) is 4.74 Å². The number of pyridine rings is 1. The number of aromatic nitrogens is 1. The van der Waals surface area contributed by atoms with E-state index in [1.54, 1.807) is 6.20 Å². The lowest BCUT2D eigenvalue weighted by Crippen LogP contribution is -2.58. The molecule has 2 aromatic rings. The van der Waals surface area contributed by atoms with Crippen molar-refractivity contribution in [2.45, 2.75) is 44.9 Å². The molecule has 1 saturated carbocycles. The summed E-state index contributed by atoms with van der Waals surface area (Å²) < 4.78 is 5.63. The molecular formula is C26H34N4O3. The van der Waals surface area contributed by atoms with E-state index in [9.17, 15) is 9.59 Å². The minimum Gasteiger partial charge on any atom is -0.367 e. The molecule has 1 atom stereocenters. The quantitative estimate of drug-likeness (QED) is 0.636. The summed E-state index contributed by atoms with van der Waals surface area (Å²) in [6, 6.07) is 15.5. The van der Waals surface area contributed by atoms with Gasteiger partial charge in [-0.2, -0.15) is 0 Å². The fourth-order valence-corrected chi connectivity index (χ4v) is 4.91. The molecule has 1 aromatic carbocycles. The molecule has 1 aliphatic carbocycles. The summed E-state index contributed by atoms with van der Waals surface area (Å²) in [6.45, 7) is 3.65. The van der Waals surface area contributed by atoms with Crippen LogP contribution < -0.4 is 5.32 Å². The summed E-state index contributed by atoms with van der Waals surface area (Å²) in [5.41, 5.74) is 1.92. The standard InChI is InChI=1S/C26H34N4O3/c31-24(20-33-19-21-8-2-1-3-9-21)29-14-16-30(17-15-29)25(22-10-4-5-11-22)26(32)28-18-23-12-6-7-13-27-23/h1-3,6-9,12-13,22,25H,4-5,10-11,14-20H2,(H,28,32)/t25-/m1/s1. The smallest absolute Gasteiger partial charge is 0.248 e. The Labute approximate surface area is 196 Å². The molecule has 33 heavy (non-hydrogen) atoms. The van der Waals surface area contributed by atoms with Crippen LogP contribution in [0.4, 0.5) is 0 Å². The zero-order chi connectivity index (χ0) is 22.9. The molecule has 4 rings (SSSR count). The van der Waals surface area contributed by atoms with E-state index in [1.807, 2.05) is 53.4 Å². The lowest BCUT2D eigenvalue weighted by atomic mass is 9.95. The van der Waals surface area contributed by atoms with Crippen molar-refractivity contribution in [1.82, 2.24) is 20.1 Å². The van der Waals surface area contributed by atoms with Crippen LogP contribution in [0.15, 0.2) is 54.7 Å². The lowest BCUT2D eigenvalue weighted by molar-refractivity contribution is -0.139. The van der Waals surface area contributed by atoms with E-state index < -0.39 is 0 Å². The third-order valence-corrected chi connectivity index (χ3v) is 6.68. The lowest BCUT2D eigenvalue weighted by Gasteiger charge is -2.40. The number of ether oxygens (including phenoxy) is 1. The topological polar surface area (TPSA) is 74.8 Å². The molecule has 176 valence electrons. The summed E-state index contributed by atoms with van der Waals surface area (Å²) in [5, 5.41) is 3.11. The molecule has 7 nitrogen and oxygen atoms in total. The molecule has 7 heteroatoms. The van der Waals surface area contributed by atoms with E-state index in [0.717, 1.165) is 24.1 Å². The minimum atomic E-state index is -0.136. The van der Waals surface area contributed by atoms with Gasteiger partial charge in [0.15, 0.2) is 0 Å². The van der Waals surface area contributed by atoms with E-state index in [2.05, 4.69) is 15.2 Å². The Hall–Kier alpha value is -2.77. The fourth-order valence-electron chi connectivity index (χ4n) is 4.91. The van der Waals surface area contributed by atoms with Crippen molar-refractivity contribution >= 4 is 11.8 Å². The molecular weight excluding hydrogens is 416 g/mol. The number of hydrogen-bond donors (Lipinski definition) is 1. The Morgan fingerprint density at radius 2 is 1.73 bits per heavy atom. The van der Waals surface area contributed by atoms with Crippen LogP contribution in [0.5, 0.6) is 0 Å². The number of nitrogens with one attached hydrogen (secondary N) is 1. The summed E-state index contributed by atoms with van der Waals surface area (Å²) in [6.07, 6.45) is 6.30. The number of amides is 2. The zero-order valence-corrected chi connectivity index (χ0v) is 19.2. The number of nitrogens with zero attached hydrogens (tertiary/aromatic N) is 3. The highest BCUT2D eigenvalue weighted by Crippen LogP contribution is 2.31. The summed E-state index contributed by atoms with van der Waals surface area (Å²) in [4.78, 5) is 34.3. The highest BCUT2D eigenvalue weighted by molar-refractivity contribution is 5.82. The van der Waals surface area contributed by atoms with Crippen LogP contribution in [0.25, 0.3) is 0 Å². The van der Waals surface area contributed by atoms with Gasteiger partial charge in [0.1, 0.15) is 6.61 Å². The number of benzene rings is 1. The van der Waals surface area contributed by atoms with Gasteiger partial charge in [0, 0.05) is 32.4 Å². The minimum absolute atomic E-state index is 0.0163. The summed E-state index contributed by atoms with van der Waals surface area (Å²) in [5.74, 6) is 0.478. The van der Waals surface area contributed by atoms with Crippen molar-refractivity contribution in [1.29, 1.82) is 0 Å². The number of rotatable bonds is 9. The first-order valence-electron chi connectivity index (χ1n) is 12.0. The van der Waals surface area contributed by atoms with Gasteiger partial charge >= 0.3 is 0 Å². The number of hydrogen-bond acceptors (Lipinski definition) is 5. The third kappa shape index (κ3) is 6.62. The molecule has 0 spiro atoms. The zero-order valence-electron chi connectivity index (χ0n) is 19.2. The third-order valence-electron chi connectivity index (χ3n) is 6.68. The summed E-state index contributed by atoms with van der Waals surface area (Å²) in [7, 11) is 0. The van der Waals surface area contributed by atoms with Gasteiger partial charge in [0.2, 0.25) is 11.8 Å². The van der Waals surface area contributed by atoms with E-state index >= 15 is 0 Å². The van der Waals surface area contributed by atoms with Crippen LogP contribution in [0, 0.1) is 5.92 Å². The van der Waals surface area contributed by atoms with Crippen molar-refractivity contribution in [3.63, 3.8) is 0 Å². The van der Waals surface area contributed by atoms with Gasteiger partial charge in [0.25, 0.3) is 0 Å². The van der Waals surface area contributed by atoms with Gasteiger partial charge in [-0.3, -0.25) is 19.5 Å². The second kappa shape index (κ2) is 11.9. The molecule has 2 aliphatic rings. The van der Waals surface area contributed by atoms with Gasteiger partial charge in [-0.1, -0.05) is 49.2 Å². The molecule has 0 bridgehead atoms. The first kappa shape index (κ1) is 23.4. The molecule has 1 saturated heterocycles. The molecule has 1 aromatic heterocycles. The van der Waals surface area contributed by atoms with Crippen LogP contribution in [0.3, 0.4) is 0 Å². The fraction of sp³-hybridized carbons (Fsp3) is 0.500. The van der Waals surface area contributed by atoms with Gasteiger partial charge in [0.05, 0.1) is 24.9 Å². The highest BCUT2D eigenvalue weighted by atomic mass is 16.5. The average Bonchev–Trinajstić information content (AvgIpc) is 3.39. The number of carbonyl (C=O) groups excluding carboxylic acids is 2. The average molecular weight is 451 g/mol. The van der Waals surface area contributed by atoms with Crippen LogP contribution in [0.2, 0.25) is 0 Å². The summed E-state index contributed by atoms with van der Waals surface area (Å²) >= 11 is 0. The van der Waals surface area contributed by atoms with Gasteiger partial charge in [-0.15, -0.1) is 0 Å². The molecule has 1 aliphatic heterocycles. The second-order valence-electron chi connectivity index (χ2n) is 8.92. The molecule has 0 radical (unpaired) electrons. The normalized spacial score (nSPS) is 18.2. The van der Waals surface area contributed by atoms with Crippen LogP contribution in [-0.4, -0.2) is 65.4 Å². The second-order valence-corrected chi connectivity index (χ2v) is 8.92. The highest BCUT2D eigenvalue weighted by Gasteiger charge is 2.37. The predicted molar refractivity (Wildman–Crippen MR) is 126 cm³/mol. The maximum absolute atomic E-state index is 13.2. The molecule has 2 heterocycles. The maximum Gasteiger partial charge on any atom is 0.248 e. The molecule has 2 fully saturated rings. The van der Waals surface area contributed by atoms with E-state index in [1.165, 1.54) is 12.8 Å². The van der Waals surface area contributed by atoms with E-state index in [0.29, 0.717) is 45.2 Å². The molecule has 0 unspecified atom stereocenters. The van der Waals surface area contributed by atoms with Crippen LogP contribution in [0.1, 0.15) is 36.9 Å². The molecule has 1 N–H and O–H groups in total. The van der Waals surface area contributed by atoms with Gasteiger partial charge in [-0.25, -0.2) is 0 Å². The van der Waals surface area contributed by atoms with Crippen molar-refractivity contribution in [2.24, 2.45) is 5.92 Å². The monoisotopic (exact) mass is 450 g/mol. The first-order valence-corrected chi connectivity index (χ1v) is 12.0. The Morgan fingerprint density at radius 3 is 2.42 bits per heavy atom. The largest absolute Gasteiger partial charge is 0.367 e. The van der Waals surface area contributed by atoms with Crippen LogP contribution in [-0.2, 0) is 27.5 Å². The molecule has 2 amide bonds. The Bertz CT molecular complexity index is 879. The van der Waals surface area contributed by atoms with Crippen molar-refractivity contribution < 1.29 is 14.3 Å². The van der Waals surface area contributed by atoms with Gasteiger partial charge < -0.3 is 15.0 Å². The number of piperazine rings is 1. The Balaban J connectivity index is 1.27. The Kier molecular flexibility index (Phi) is 8.44. The SMILES string of the molecule is O=C(NCc1ccccn1)[C@@H](C1CCCC1)N1CCN(C(=O)COCc2ccccc2)CC1. The van der Waals surface area contributed by atoms with E-state index in [-0.39, 0.29) is 24.5 Å². The van der Waals surface area contributed by atoms with Gasteiger partial charge in [-0.05, 0) is 36.5 Å². The van der Waals surface area contributed by atoms with Crippen molar-refractivity contribution in [2.75, 3.05) is 32.8 Å². The predicted octanol–water partition coefficient (Wildman–Crippen LogP) is 2.62. The Morgan fingerprint density at radius 1 is 1.00 bits per heavy atom. The first-order chi connectivity index (χ1) is 16.2. The van der Waals surface area contributed by atoms with Crippen molar-refractivity contribution in [3.8, 4) is 0 Å².